The molecule has 112 valence electrons. The molecule has 1 atom stereocenters. The molecule has 0 radical (unpaired) electrons. The van der Waals surface area contributed by atoms with Gasteiger partial charge in [-0.3, -0.25) is 0 Å². The molecule has 0 saturated carbocycles. The smallest absolute Gasteiger partial charge is 0.319 e. The fourth-order valence-electron chi connectivity index (χ4n) is 2.11. The summed E-state index contributed by atoms with van der Waals surface area (Å²) < 4.78 is 0.993. The Morgan fingerprint density at radius 1 is 1.40 bits per heavy atom. The summed E-state index contributed by atoms with van der Waals surface area (Å²) in [5, 5.41) is 14.7. The van der Waals surface area contributed by atoms with Crippen LogP contribution < -0.4 is 10.6 Å². The first-order chi connectivity index (χ1) is 9.56. The Morgan fingerprint density at radius 3 is 2.75 bits per heavy atom. The van der Waals surface area contributed by atoms with Crippen LogP contribution in [0.4, 0.5) is 10.5 Å². The molecule has 3 N–H and O–H groups in total. The van der Waals surface area contributed by atoms with Crippen LogP contribution >= 0.6 is 15.9 Å². The maximum atomic E-state index is 11.9. The Bertz CT molecular complexity index is 432. The van der Waals surface area contributed by atoms with Crippen molar-refractivity contribution < 1.29 is 9.90 Å². The SMILES string of the molecule is CCCC(CCO)CNC(=O)Nc1ccc(Br)cc1C. The van der Waals surface area contributed by atoms with Crippen LogP contribution in [0.3, 0.4) is 0 Å². The number of rotatable bonds is 7. The Labute approximate surface area is 129 Å². The van der Waals surface area contributed by atoms with Crippen LogP contribution in [-0.2, 0) is 0 Å². The molecule has 0 aromatic heterocycles. The number of aliphatic hydroxyl groups is 1. The number of aryl methyl sites for hydroxylation is 1. The number of hydrogen-bond donors (Lipinski definition) is 3. The molecule has 5 heteroatoms. The lowest BCUT2D eigenvalue weighted by Gasteiger charge is -2.16. The highest BCUT2D eigenvalue weighted by atomic mass is 79.9. The van der Waals surface area contributed by atoms with Crippen molar-refractivity contribution in [2.75, 3.05) is 18.5 Å². The molecule has 0 aliphatic carbocycles. The summed E-state index contributed by atoms with van der Waals surface area (Å²) in [5.41, 5.74) is 1.81. The molecule has 1 unspecified atom stereocenters. The summed E-state index contributed by atoms with van der Waals surface area (Å²) in [6.45, 7) is 4.82. The van der Waals surface area contributed by atoms with Crippen molar-refractivity contribution in [2.45, 2.75) is 33.1 Å². The molecule has 0 fully saturated rings. The normalized spacial score (nSPS) is 12.0. The molecule has 0 heterocycles. The van der Waals surface area contributed by atoms with Crippen LogP contribution in [0.5, 0.6) is 0 Å². The summed E-state index contributed by atoms with van der Waals surface area (Å²) in [4.78, 5) is 11.9. The minimum Gasteiger partial charge on any atom is -0.396 e. The average molecular weight is 343 g/mol. The van der Waals surface area contributed by atoms with Gasteiger partial charge in [0.05, 0.1) is 0 Å². The lowest BCUT2D eigenvalue weighted by molar-refractivity contribution is 0.236. The van der Waals surface area contributed by atoms with Gasteiger partial charge in [-0.15, -0.1) is 0 Å². The fourth-order valence-corrected chi connectivity index (χ4v) is 2.59. The Morgan fingerprint density at radius 2 is 2.15 bits per heavy atom. The van der Waals surface area contributed by atoms with Crippen molar-refractivity contribution in [1.82, 2.24) is 5.32 Å². The van der Waals surface area contributed by atoms with Gasteiger partial charge < -0.3 is 15.7 Å². The van der Waals surface area contributed by atoms with E-state index in [0.29, 0.717) is 12.5 Å². The highest BCUT2D eigenvalue weighted by Crippen LogP contribution is 2.19. The van der Waals surface area contributed by atoms with Gasteiger partial charge in [0.15, 0.2) is 0 Å². The molecule has 20 heavy (non-hydrogen) atoms. The number of carbonyl (C=O) groups is 1. The summed E-state index contributed by atoms with van der Waals surface area (Å²) in [7, 11) is 0. The zero-order chi connectivity index (χ0) is 15.0. The summed E-state index contributed by atoms with van der Waals surface area (Å²) in [6.07, 6.45) is 2.80. The quantitative estimate of drug-likeness (QED) is 0.707. The van der Waals surface area contributed by atoms with Crippen molar-refractivity contribution in [2.24, 2.45) is 5.92 Å². The van der Waals surface area contributed by atoms with E-state index >= 15 is 0 Å². The van der Waals surface area contributed by atoms with Gasteiger partial charge in [-0.2, -0.15) is 0 Å². The van der Waals surface area contributed by atoms with E-state index in [9.17, 15) is 4.79 Å². The van der Waals surface area contributed by atoms with Gasteiger partial charge in [-0.05, 0) is 49.4 Å². The third-order valence-electron chi connectivity index (χ3n) is 3.22. The van der Waals surface area contributed by atoms with Gasteiger partial charge in [-0.25, -0.2) is 4.79 Å². The Hall–Kier alpha value is -1.07. The highest BCUT2D eigenvalue weighted by molar-refractivity contribution is 9.10. The van der Waals surface area contributed by atoms with Crippen molar-refractivity contribution in [3.05, 3.63) is 28.2 Å². The number of carbonyl (C=O) groups excluding carboxylic acids is 1. The summed E-state index contributed by atoms with van der Waals surface area (Å²) >= 11 is 3.39. The van der Waals surface area contributed by atoms with Gasteiger partial charge in [0.25, 0.3) is 0 Å². The molecule has 0 aliphatic heterocycles. The molecule has 1 aromatic rings. The van der Waals surface area contributed by atoms with Crippen LogP contribution in [0.15, 0.2) is 22.7 Å². The highest BCUT2D eigenvalue weighted by Gasteiger charge is 2.10. The van der Waals surface area contributed by atoms with Gasteiger partial charge in [0.2, 0.25) is 0 Å². The minimum atomic E-state index is -0.200. The zero-order valence-corrected chi connectivity index (χ0v) is 13.7. The predicted molar refractivity (Wildman–Crippen MR) is 86.0 cm³/mol. The monoisotopic (exact) mass is 342 g/mol. The van der Waals surface area contributed by atoms with Crippen molar-refractivity contribution in [3.63, 3.8) is 0 Å². The lowest BCUT2D eigenvalue weighted by atomic mass is 10.0. The molecule has 1 rings (SSSR count). The van der Waals surface area contributed by atoms with Crippen LogP contribution in [0.1, 0.15) is 31.7 Å². The maximum Gasteiger partial charge on any atom is 0.319 e. The standard InChI is InChI=1S/C15H23BrN2O2/c1-3-4-12(7-8-19)10-17-15(20)18-14-6-5-13(16)9-11(14)2/h5-6,9,12,19H,3-4,7-8,10H2,1-2H3,(H2,17,18,20). The minimum absolute atomic E-state index is 0.166. The molecular weight excluding hydrogens is 320 g/mol. The second-order valence-electron chi connectivity index (χ2n) is 4.96. The molecular formula is C15H23BrN2O2. The Balaban J connectivity index is 2.46. The summed E-state index contributed by atoms with van der Waals surface area (Å²) in [5.74, 6) is 0.335. The second kappa shape index (κ2) is 8.97. The molecule has 0 aliphatic rings. The number of urea groups is 1. The fraction of sp³-hybridized carbons (Fsp3) is 0.533. The van der Waals surface area contributed by atoms with E-state index in [-0.39, 0.29) is 12.6 Å². The first-order valence-electron chi connectivity index (χ1n) is 6.98. The number of nitrogens with one attached hydrogen (secondary N) is 2. The van der Waals surface area contributed by atoms with E-state index in [2.05, 4.69) is 33.5 Å². The van der Waals surface area contributed by atoms with E-state index in [4.69, 9.17) is 5.11 Å². The summed E-state index contributed by atoms with van der Waals surface area (Å²) in [6, 6.07) is 5.53. The van der Waals surface area contributed by atoms with Crippen molar-refractivity contribution in [3.8, 4) is 0 Å². The molecule has 0 bridgehead atoms. The van der Waals surface area contributed by atoms with E-state index < -0.39 is 0 Å². The maximum absolute atomic E-state index is 11.9. The van der Waals surface area contributed by atoms with Gasteiger partial charge >= 0.3 is 6.03 Å². The van der Waals surface area contributed by atoms with Crippen LogP contribution in [0, 0.1) is 12.8 Å². The van der Waals surface area contributed by atoms with Gasteiger partial charge in [0.1, 0.15) is 0 Å². The first-order valence-corrected chi connectivity index (χ1v) is 7.78. The Kier molecular flexibility index (Phi) is 7.62. The number of amides is 2. The van der Waals surface area contributed by atoms with Gasteiger partial charge in [0, 0.05) is 23.3 Å². The van der Waals surface area contributed by atoms with Crippen molar-refractivity contribution >= 4 is 27.6 Å². The molecule has 0 saturated heterocycles. The molecule has 1 aromatic carbocycles. The third kappa shape index (κ3) is 5.92. The number of hydrogen-bond acceptors (Lipinski definition) is 2. The third-order valence-corrected chi connectivity index (χ3v) is 3.72. The van der Waals surface area contributed by atoms with Gasteiger partial charge in [-0.1, -0.05) is 29.3 Å². The topological polar surface area (TPSA) is 61.4 Å². The predicted octanol–water partition coefficient (Wildman–Crippen LogP) is 3.68. The number of anilines is 1. The van der Waals surface area contributed by atoms with E-state index in [1.54, 1.807) is 0 Å². The van der Waals surface area contributed by atoms with Crippen LogP contribution in [0.25, 0.3) is 0 Å². The number of halogens is 1. The lowest BCUT2D eigenvalue weighted by Crippen LogP contribution is -2.33. The zero-order valence-electron chi connectivity index (χ0n) is 12.1. The van der Waals surface area contributed by atoms with E-state index in [1.807, 2.05) is 25.1 Å². The van der Waals surface area contributed by atoms with Crippen molar-refractivity contribution in [1.29, 1.82) is 0 Å². The number of benzene rings is 1. The molecule has 0 spiro atoms. The van der Waals surface area contributed by atoms with Crippen LogP contribution in [0.2, 0.25) is 0 Å². The number of aliphatic hydroxyl groups excluding tert-OH is 1. The van der Waals surface area contributed by atoms with Crippen LogP contribution in [-0.4, -0.2) is 24.3 Å². The molecule has 4 nitrogen and oxygen atoms in total. The average Bonchev–Trinajstić information content (AvgIpc) is 2.40. The first kappa shape index (κ1) is 17.0. The molecule has 2 amide bonds. The van der Waals surface area contributed by atoms with E-state index in [1.165, 1.54) is 0 Å². The largest absolute Gasteiger partial charge is 0.396 e. The van der Waals surface area contributed by atoms with E-state index in [0.717, 1.165) is 35.0 Å². The second-order valence-corrected chi connectivity index (χ2v) is 5.88.